The summed E-state index contributed by atoms with van der Waals surface area (Å²) in [6.45, 7) is 1.60. The summed E-state index contributed by atoms with van der Waals surface area (Å²) in [7, 11) is 0. The van der Waals surface area contributed by atoms with Gasteiger partial charge in [-0.05, 0) is 25.1 Å². The predicted molar refractivity (Wildman–Crippen MR) is 99.7 cm³/mol. The lowest BCUT2D eigenvalue weighted by atomic mass is 10.2. The average Bonchev–Trinajstić information content (AvgIpc) is 3.32. The van der Waals surface area contributed by atoms with Gasteiger partial charge in [0.05, 0.1) is 25.2 Å². The van der Waals surface area contributed by atoms with E-state index in [2.05, 4.69) is 25.7 Å². The van der Waals surface area contributed by atoms with E-state index in [-0.39, 0.29) is 30.5 Å². The first-order valence-corrected chi connectivity index (χ1v) is 8.51. The third-order valence-electron chi connectivity index (χ3n) is 3.73. The number of nitrogens with zero attached hydrogens (tertiary/aromatic N) is 2. The second-order valence-electron chi connectivity index (χ2n) is 5.68. The fourth-order valence-corrected chi connectivity index (χ4v) is 2.40. The monoisotopic (exact) mass is 385 g/mol. The maximum absolute atomic E-state index is 12.4. The van der Waals surface area contributed by atoms with Crippen molar-refractivity contribution in [2.24, 2.45) is 10.2 Å². The number of hydrogen-bond acceptors (Lipinski definition) is 8. The van der Waals surface area contributed by atoms with Crippen LogP contribution in [0.15, 0.2) is 62.1 Å². The highest BCUT2D eigenvalue weighted by molar-refractivity contribution is 5.81. The van der Waals surface area contributed by atoms with Crippen molar-refractivity contribution in [1.29, 1.82) is 0 Å². The van der Waals surface area contributed by atoms with Crippen molar-refractivity contribution in [1.82, 2.24) is 10.2 Å². The minimum Gasteiger partial charge on any atom is -0.466 e. The number of aliphatic hydroxyl groups is 1. The number of ether oxygens (including phenoxy) is 1. The summed E-state index contributed by atoms with van der Waals surface area (Å²) in [6, 6.07) is 9.35. The summed E-state index contributed by atoms with van der Waals surface area (Å²) >= 11 is 0. The van der Waals surface area contributed by atoms with Crippen LogP contribution in [0.5, 0.6) is 0 Å². The summed E-state index contributed by atoms with van der Waals surface area (Å²) in [5.41, 5.74) is 0.514. The third-order valence-corrected chi connectivity index (χ3v) is 3.73. The molecule has 0 aliphatic carbocycles. The van der Waals surface area contributed by atoms with Crippen molar-refractivity contribution in [2.45, 2.75) is 19.6 Å². The molecule has 2 aromatic heterocycles. The topological polar surface area (TPSA) is 145 Å². The van der Waals surface area contributed by atoms with Gasteiger partial charge in [0.1, 0.15) is 5.76 Å². The molecule has 3 rings (SSSR count). The smallest absolute Gasteiger partial charge is 0.336 e. The number of H-pyrrole nitrogens is 2. The van der Waals surface area contributed by atoms with Gasteiger partial charge in [-0.1, -0.05) is 18.2 Å². The number of rotatable bonds is 8. The van der Waals surface area contributed by atoms with Gasteiger partial charge in [0.25, 0.3) is 5.56 Å². The number of azo groups is 1. The number of hydrogen-bond donors (Lipinski definition) is 4. The molecule has 0 fully saturated rings. The molecule has 1 aromatic carbocycles. The molecule has 3 aromatic rings. The summed E-state index contributed by atoms with van der Waals surface area (Å²) in [4.78, 5) is 24.5. The first-order valence-electron chi connectivity index (χ1n) is 8.51. The van der Waals surface area contributed by atoms with Crippen molar-refractivity contribution in [3.05, 3.63) is 64.3 Å². The Kier molecular flexibility index (Phi) is 6.02. The molecule has 0 bridgehead atoms. The Labute approximate surface area is 159 Å². The molecule has 146 valence electrons. The van der Waals surface area contributed by atoms with Crippen LogP contribution in [0.2, 0.25) is 0 Å². The maximum Gasteiger partial charge on any atom is 0.336 e. The molecule has 1 atom stereocenters. The zero-order valence-corrected chi connectivity index (χ0v) is 15.0. The fraction of sp³-hybridized carbons (Fsp3) is 0.222. The van der Waals surface area contributed by atoms with Crippen LogP contribution < -0.4 is 10.9 Å². The number of aromatic amines is 2. The number of aliphatic hydroxyl groups excluding tert-OH is 1. The summed E-state index contributed by atoms with van der Waals surface area (Å²) < 4.78 is 10.4. The Morgan fingerprint density at radius 2 is 2.07 bits per heavy atom. The highest BCUT2D eigenvalue weighted by Gasteiger charge is 2.27. The van der Waals surface area contributed by atoms with E-state index in [9.17, 15) is 14.7 Å². The minimum atomic E-state index is -1.06. The Morgan fingerprint density at radius 3 is 2.75 bits per heavy atom. The number of nitrogens with one attached hydrogen (secondary N) is 3. The molecule has 2 heterocycles. The third kappa shape index (κ3) is 4.35. The van der Waals surface area contributed by atoms with Crippen LogP contribution in [-0.2, 0) is 16.1 Å². The van der Waals surface area contributed by atoms with Crippen molar-refractivity contribution >= 4 is 23.2 Å². The van der Waals surface area contributed by atoms with E-state index in [0.717, 1.165) is 0 Å². The van der Waals surface area contributed by atoms with Crippen molar-refractivity contribution in [3.8, 4) is 0 Å². The highest BCUT2D eigenvalue weighted by Crippen LogP contribution is 2.27. The maximum atomic E-state index is 12.4. The molecule has 0 radical (unpaired) electrons. The van der Waals surface area contributed by atoms with Crippen molar-refractivity contribution in [3.63, 3.8) is 0 Å². The van der Waals surface area contributed by atoms with Crippen LogP contribution in [0, 0.1) is 0 Å². The molecule has 28 heavy (non-hydrogen) atoms. The second-order valence-corrected chi connectivity index (χ2v) is 5.68. The van der Waals surface area contributed by atoms with E-state index in [4.69, 9.17) is 9.15 Å². The number of esters is 1. The molecule has 0 saturated carbocycles. The molecule has 4 N–H and O–H groups in total. The van der Waals surface area contributed by atoms with Gasteiger partial charge < -0.3 is 19.6 Å². The summed E-state index contributed by atoms with van der Waals surface area (Å²) in [5.74, 6) is -0.255. The Bertz CT molecular complexity index is 1000. The largest absolute Gasteiger partial charge is 0.466 e. The second kappa shape index (κ2) is 8.82. The lowest BCUT2D eigenvalue weighted by molar-refractivity contribution is -0.144. The minimum absolute atomic E-state index is 0.0351. The number of furan rings is 1. The Hall–Kier alpha value is -3.66. The number of aromatic nitrogens is 2. The molecule has 0 saturated heterocycles. The lowest BCUT2D eigenvalue weighted by Crippen LogP contribution is -2.23. The van der Waals surface area contributed by atoms with E-state index in [1.807, 2.05) is 6.07 Å². The van der Waals surface area contributed by atoms with E-state index in [0.29, 0.717) is 11.3 Å². The van der Waals surface area contributed by atoms with Crippen LogP contribution >= 0.6 is 0 Å². The molecule has 1 unspecified atom stereocenters. The van der Waals surface area contributed by atoms with Gasteiger partial charge in [-0.3, -0.25) is 15.0 Å². The SMILES string of the molecule is CCOC(=O)C(Nc1[nH][nH]c(=O)c1N=Nc1ccccc1)c1cc(CO)co1. The molecule has 0 aliphatic rings. The molecule has 10 nitrogen and oxygen atoms in total. The van der Waals surface area contributed by atoms with Gasteiger partial charge in [-0.25, -0.2) is 4.79 Å². The van der Waals surface area contributed by atoms with Gasteiger partial charge in [0, 0.05) is 5.56 Å². The van der Waals surface area contributed by atoms with E-state index < -0.39 is 17.6 Å². The fourth-order valence-electron chi connectivity index (χ4n) is 2.40. The zero-order chi connectivity index (χ0) is 19.9. The molecule has 10 heteroatoms. The number of carbonyl (C=O) groups is 1. The van der Waals surface area contributed by atoms with Crippen LogP contribution in [0.4, 0.5) is 17.2 Å². The summed E-state index contributed by atoms with van der Waals surface area (Å²) in [5, 5.41) is 25.1. The van der Waals surface area contributed by atoms with Crippen LogP contribution in [0.25, 0.3) is 0 Å². The Morgan fingerprint density at radius 1 is 1.29 bits per heavy atom. The highest BCUT2D eigenvalue weighted by atomic mass is 16.5. The van der Waals surface area contributed by atoms with E-state index in [1.165, 1.54) is 12.3 Å². The lowest BCUT2D eigenvalue weighted by Gasteiger charge is -2.15. The predicted octanol–water partition coefficient (Wildman–Crippen LogP) is 2.92. The van der Waals surface area contributed by atoms with E-state index in [1.54, 1.807) is 31.2 Å². The van der Waals surface area contributed by atoms with E-state index >= 15 is 0 Å². The molecule has 0 amide bonds. The van der Waals surface area contributed by atoms with Gasteiger partial charge in [-0.15, -0.1) is 5.11 Å². The van der Waals surface area contributed by atoms with Crippen molar-refractivity contribution < 1.29 is 19.1 Å². The number of anilines is 1. The number of benzene rings is 1. The molecular weight excluding hydrogens is 366 g/mol. The summed E-state index contributed by atoms with van der Waals surface area (Å²) in [6.07, 6.45) is 1.33. The first-order chi connectivity index (χ1) is 13.6. The van der Waals surface area contributed by atoms with Crippen LogP contribution in [0.3, 0.4) is 0 Å². The van der Waals surface area contributed by atoms with Crippen LogP contribution in [-0.4, -0.2) is 27.9 Å². The molecule has 0 aliphatic heterocycles. The molecular formula is C18H19N5O5. The zero-order valence-electron chi connectivity index (χ0n) is 15.0. The number of carbonyl (C=O) groups excluding carboxylic acids is 1. The standard InChI is InChI=1S/C18H19N5O5/c1-2-27-18(26)14(13-8-11(9-24)10-28-13)19-16-15(17(25)23-22-16)21-20-12-6-4-3-5-7-12/h3-8,10,14,24H,2,9H2,1H3,(H3,19,22,23,25). The van der Waals surface area contributed by atoms with Gasteiger partial charge in [-0.2, -0.15) is 5.11 Å². The normalized spacial score (nSPS) is 12.2. The first kappa shape index (κ1) is 19.1. The van der Waals surface area contributed by atoms with Crippen molar-refractivity contribution in [2.75, 3.05) is 11.9 Å². The average molecular weight is 385 g/mol. The Balaban J connectivity index is 1.89. The van der Waals surface area contributed by atoms with Crippen LogP contribution in [0.1, 0.15) is 24.3 Å². The van der Waals surface area contributed by atoms with Gasteiger partial charge in [0.15, 0.2) is 17.5 Å². The van der Waals surface area contributed by atoms with Gasteiger partial charge in [0.2, 0.25) is 0 Å². The quantitative estimate of drug-likeness (QED) is 0.346. The molecule has 0 spiro atoms. The van der Waals surface area contributed by atoms with Gasteiger partial charge >= 0.3 is 5.97 Å².